The first-order valence-electron chi connectivity index (χ1n) is 10.2. The van der Waals surface area contributed by atoms with Gasteiger partial charge in [0.05, 0.1) is 5.69 Å². The Morgan fingerprint density at radius 2 is 1.90 bits per heavy atom. The average molecular weight is 390 g/mol. The number of benzene rings is 1. The van der Waals surface area contributed by atoms with E-state index in [0.29, 0.717) is 11.7 Å². The summed E-state index contributed by atoms with van der Waals surface area (Å²) in [5.74, 6) is 0.735. The van der Waals surface area contributed by atoms with E-state index in [0.717, 1.165) is 44.1 Å². The Labute approximate surface area is 171 Å². The van der Waals surface area contributed by atoms with Gasteiger partial charge in [-0.05, 0) is 31.0 Å². The van der Waals surface area contributed by atoms with Gasteiger partial charge in [0.25, 0.3) is 5.56 Å². The summed E-state index contributed by atoms with van der Waals surface area (Å²) in [5, 5.41) is 0. The Bertz CT molecular complexity index is 1000. The van der Waals surface area contributed by atoms with Crippen molar-refractivity contribution in [2.45, 2.75) is 25.9 Å². The molecule has 1 aliphatic rings. The fraction of sp³-hybridized carbons (Fsp3) is 0.348. The van der Waals surface area contributed by atoms with Crippen molar-refractivity contribution in [3.05, 3.63) is 76.8 Å². The zero-order valence-corrected chi connectivity index (χ0v) is 17.0. The van der Waals surface area contributed by atoms with E-state index in [4.69, 9.17) is 4.98 Å². The number of hydrogen-bond acceptors (Lipinski definition) is 5. The molecule has 0 amide bonds. The molecule has 1 atom stereocenters. The monoisotopic (exact) mass is 389 g/mol. The number of hydrogen-bond donors (Lipinski definition) is 0. The molecule has 0 saturated carbocycles. The van der Waals surface area contributed by atoms with Crippen LogP contribution >= 0.6 is 0 Å². The van der Waals surface area contributed by atoms with Crippen molar-refractivity contribution in [3.63, 3.8) is 0 Å². The lowest BCUT2D eigenvalue weighted by Crippen LogP contribution is -2.41. The molecule has 0 N–H and O–H groups in total. The van der Waals surface area contributed by atoms with E-state index in [1.54, 1.807) is 30.1 Å². The van der Waals surface area contributed by atoms with E-state index in [9.17, 15) is 4.79 Å². The molecule has 0 radical (unpaired) electrons. The Morgan fingerprint density at radius 3 is 2.62 bits per heavy atom. The van der Waals surface area contributed by atoms with E-state index in [1.807, 2.05) is 12.1 Å². The quantitative estimate of drug-likeness (QED) is 0.649. The van der Waals surface area contributed by atoms with Crippen LogP contribution in [0.25, 0.3) is 11.3 Å². The molecule has 6 nitrogen and oxygen atoms in total. The largest absolute Gasteiger partial charge is 0.338 e. The van der Waals surface area contributed by atoms with Gasteiger partial charge in [-0.1, -0.05) is 30.3 Å². The smallest absolute Gasteiger partial charge is 0.255 e. The van der Waals surface area contributed by atoms with Gasteiger partial charge in [-0.15, -0.1) is 0 Å². The van der Waals surface area contributed by atoms with E-state index >= 15 is 0 Å². The standard InChI is InChI=1S/C23H27N5O/c1-3-28(20-11-14-27(17-20)16-18-7-5-4-6-8-18)23-25-21(15-22(29)26(23)2)19-9-12-24-13-10-19/h4-10,12-13,15,20H,3,11,14,16-17H2,1-2H3. The third kappa shape index (κ3) is 4.22. The summed E-state index contributed by atoms with van der Waals surface area (Å²) in [6.07, 6.45) is 4.52. The van der Waals surface area contributed by atoms with Gasteiger partial charge in [-0.3, -0.25) is 19.2 Å². The van der Waals surface area contributed by atoms with Gasteiger partial charge in [0, 0.05) is 63.3 Å². The zero-order chi connectivity index (χ0) is 20.2. The normalized spacial score (nSPS) is 16.8. The van der Waals surface area contributed by atoms with Crippen molar-refractivity contribution in [3.8, 4) is 11.3 Å². The van der Waals surface area contributed by atoms with E-state index in [2.05, 4.69) is 52.0 Å². The van der Waals surface area contributed by atoms with Crippen LogP contribution in [0.4, 0.5) is 5.95 Å². The number of likely N-dealkylation sites (tertiary alicyclic amines) is 1. The predicted molar refractivity (Wildman–Crippen MR) is 116 cm³/mol. The Hall–Kier alpha value is -2.99. The number of nitrogens with zero attached hydrogens (tertiary/aromatic N) is 5. The van der Waals surface area contributed by atoms with Crippen LogP contribution in [0.15, 0.2) is 65.7 Å². The zero-order valence-electron chi connectivity index (χ0n) is 17.0. The van der Waals surface area contributed by atoms with E-state index in [1.165, 1.54) is 5.56 Å². The number of likely N-dealkylation sites (N-methyl/N-ethyl adjacent to an activating group) is 1. The molecule has 4 rings (SSSR count). The van der Waals surface area contributed by atoms with Crippen LogP contribution in [0.2, 0.25) is 0 Å². The summed E-state index contributed by atoms with van der Waals surface area (Å²) in [4.78, 5) is 26.3. The van der Waals surface area contributed by atoms with Crippen LogP contribution in [-0.4, -0.2) is 45.1 Å². The summed E-state index contributed by atoms with van der Waals surface area (Å²) in [6, 6.07) is 16.3. The Morgan fingerprint density at radius 1 is 1.14 bits per heavy atom. The molecule has 1 aromatic carbocycles. The van der Waals surface area contributed by atoms with Gasteiger partial charge in [-0.2, -0.15) is 0 Å². The molecular formula is C23H27N5O. The fourth-order valence-electron chi connectivity index (χ4n) is 4.07. The summed E-state index contributed by atoms with van der Waals surface area (Å²) >= 11 is 0. The molecule has 0 aliphatic carbocycles. The lowest BCUT2D eigenvalue weighted by atomic mass is 10.2. The highest BCUT2D eigenvalue weighted by Gasteiger charge is 2.29. The second-order valence-electron chi connectivity index (χ2n) is 7.52. The predicted octanol–water partition coefficient (Wildman–Crippen LogP) is 2.94. The van der Waals surface area contributed by atoms with Gasteiger partial charge < -0.3 is 4.90 Å². The average Bonchev–Trinajstić information content (AvgIpc) is 3.21. The number of pyridine rings is 1. The summed E-state index contributed by atoms with van der Waals surface area (Å²) in [5.41, 5.74) is 2.90. The van der Waals surface area contributed by atoms with Crippen LogP contribution in [0.5, 0.6) is 0 Å². The van der Waals surface area contributed by atoms with Crippen molar-refractivity contribution in [2.75, 3.05) is 24.5 Å². The maximum Gasteiger partial charge on any atom is 0.255 e. The molecule has 1 saturated heterocycles. The molecule has 29 heavy (non-hydrogen) atoms. The lowest BCUT2D eigenvalue weighted by Gasteiger charge is -2.30. The minimum Gasteiger partial charge on any atom is -0.338 e. The molecule has 1 aliphatic heterocycles. The highest BCUT2D eigenvalue weighted by molar-refractivity contribution is 5.59. The highest BCUT2D eigenvalue weighted by Crippen LogP contribution is 2.24. The van der Waals surface area contributed by atoms with E-state index < -0.39 is 0 Å². The summed E-state index contributed by atoms with van der Waals surface area (Å²) < 4.78 is 1.66. The highest BCUT2D eigenvalue weighted by atomic mass is 16.1. The van der Waals surface area contributed by atoms with Gasteiger partial charge in [-0.25, -0.2) is 4.98 Å². The first-order valence-corrected chi connectivity index (χ1v) is 10.2. The second kappa shape index (κ2) is 8.57. The summed E-state index contributed by atoms with van der Waals surface area (Å²) in [6.45, 7) is 5.92. The number of anilines is 1. The Kier molecular flexibility index (Phi) is 5.71. The molecule has 6 heteroatoms. The van der Waals surface area contributed by atoms with Gasteiger partial charge >= 0.3 is 0 Å². The minimum atomic E-state index is -0.0422. The molecule has 1 fully saturated rings. The molecule has 150 valence electrons. The summed E-state index contributed by atoms with van der Waals surface area (Å²) in [7, 11) is 1.81. The van der Waals surface area contributed by atoms with Crippen molar-refractivity contribution >= 4 is 5.95 Å². The first kappa shape index (κ1) is 19.3. The van der Waals surface area contributed by atoms with Crippen molar-refractivity contribution in [2.24, 2.45) is 7.05 Å². The topological polar surface area (TPSA) is 54.3 Å². The maximum atomic E-state index is 12.6. The fourth-order valence-corrected chi connectivity index (χ4v) is 4.07. The third-order valence-corrected chi connectivity index (χ3v) is 5.62. The maximum absolute atomic E-state index is 12.6. The first-order chi connectivity index (χ1) is 14.2. The molecule has 0 bridgehead atoms. The van der Waals surface area contributed by atoms with Crippen LogP contribution in [0, 0.1) is 0 Å². The van der Waals surface area contributed by atoms with Crippen molar-refractivity contribution in [1.82, 2.24) is 19.4 Å². The molecule has 1 unspecified atom stereocenters. The van der Waals surface area contributed by atoms with Crippen LogP contribution in [-0.2, 0) is 13.6 Å². The second-order valence-corrected chi connectivity index (χ2v) is 7.52. The van der Waals surface area contributed by atoms with Gasteiger partial charge in [0.2, 0.25) is 5.95 Å². The van der Waals surface area contributed by atoms with Crippen LogP contribution < -0.4 is 10.5 Å². The molecule has 3 heterocycles. The molecule has 2 aromatic heterocycles. The van der Waals surface area contributed by atoms with Gasteiger partial charge in [0.15, 0.2) is 0 Å². The Balaban J connectivity index is 1.58. The van der Waals surface area contributed by atoms with Crippen molar-refractivity contribution < 1.29 is 0 Å². The minimum absolute atomic E-state index is 0.0422. The van der Waals surface area contributed by atoms with Crippen molar-refractivity contribution in [1.29, 1.82) is 0 Å². The molecule has 3 aromatic rings. The lowest BCUT2D eigenvalue weighted by molar-refractivity contribution is 0.324. The molecule has 0 spiro atoms. The van der Waals surface area contributed by atoms with E-state index in [-0.39, 0.29) is 5.56 Å². The van der Waals surface area contributed by atoms with Crippen LogP contribution in [0.3, 0.4) is 0 Å². The third-order valence-electron chi connectivity index (χ3n) is 5.62. The number of rotatable bonds is 6. The molecular weight excluding hydrogens is 362 g/mol. The van der Waals surface area contributed by atoms with Crippen LogP contribution in [0.1, 0.15) is 18.9 Å². The van der Waals surface area contributed by atoms with Gasteiger partial charge in [0.1, 0.15) is 0 Å². The SMILES string of the molecule is CCN(c1nc(-c2ccncc2)cc(=O)n1C)C1CCN(Cc2ccccc2)C1. The number of aromatic nitrogens is 3.